The molecule has 0 saturated heterocycles. The van der Waals surface area contributed by atoms with Crippen LogP contribution in [0.2, 0.25) is 0 Å². The van der Waals surface area contributed by atoms with Gasteiger partial charge in [0.2, 0.25) is 0 Å². The smallest absolute Gasteiger partial charge is 0.326 e. The quantitative estimate of drug-likeness (QED) is 0.755. The zero-order valence-electron chi connectivity index (χ0n) is 9.67. The minimum Gasteiger partial charge on any atom is -0.494 e. The highest BCUT2D eigenvalue weighted by atomic mass is 16.5. The van der Waals surface area contributed by atoms with Crippen LogP contribution in [-0.4, -0.2) is 33.3 Å². The van der Waals surface area contributed by atoms with E-state index >= 15 is 0 Å². The van der Waals surface area contributed by atoms with Crippen LogP contribution in [0.1, 0.15) is 6.92 Å². The number of hydrogen-bond donors (Lipinski definition) is 3. The molecule has 1 aromatic heterocycles. The lowest BCUT2D eigenvalue weighted by molar-refractivity contribution is 0.262. The van der Waals surface area contributed by atoms with E-state index in [1.165, 1.54) is 0 Å². The van der Waals surface area contributed by atoms with Gasteiger partial charge in [0.1, 0.15) is 5.75 Å². The summed E-state index contributed by atoms with van der Waals surface area (Å²) in [4.78, 5) is 11.5. The first kappa shape index (κ1) is 11.8. The second-order valence-corrected chi connectivity index (χ2v) is 3.27. The van der Waals surface area contributed by atoms with E-state index in [-0.39, 0.29) is 5.95 Å². The molecule has 1 aromatic carbocycles. The molecule has 0 radical (unpaired) electrons. The molecule has 0 bridgehead atoms. The Kier molecular flexibility index (Phi) is 3.69. The van der Waals surface area contributed by atoms with Crippen LogP contribution in [0.4, 0.5) is 16.4 Å². The van der Waals surface area contributed by atoms with Gasteiger partial charge in [0, 0.05) is 5.69 Å². The maximum absolute atomic E-state index is 11.5. The van der Waals surface area contributed by atoms with Crippen molar-refractivity contribution in [3.8, 4) is 5.75 Å². The monoisotopic (exact) mass is 248 g/mol. The molecule has 2 amide bonds. The Bertz CT molecular complexity index is 496. The zero-order valence-corrected chi connectivity index (χ0v) is 9.67. The molecule has 0 aliphatic carbocycles. The van der Waals surface area contributed by atoms with Gasteiger partial charge in [-0.25, -0.2) is 4.79 Å². The summed E-state index contributed by atoms with van der Waals surface area (Å²) >= 11 is 0. The molecule has 0 saturated carbocycles. The van der Waals surface area contributed by atoms with Gasteiger partial charge in [0.15, 0.2) is 0 Å². The van der Waals surface area contributed by atoms with Crippen LogP contribution in [0.15, 0.2) is 24.3 Å². The summed E-state index contributed by atoms with van der Waals surface area (Å²) in [6.45, 7) is 2.51. The number of ether oxygens (including phenoxy) is 1. The molecule has 8 heteroatoms. The van der Waals surface area contributed by atoms with Gasteiger partial charge in [-0.2, -0.15) is 5.21 Å². The normalized spacial score (nSPS) is 9.83. The number of nitrogens with zero attached hydrogens (tertiary/aromatic N) is 3. The number of amides is 2. The summed E-state index contributed by atoms with van der Waals surface area (Å²) in [5.74, 6) is 0.861. The number of aromatic amines is 1. The van der Waals surface area contributed by atoms with E-state index in [0.29, 0.717) is 12.3 Å². The lowest BCUT2D eigenvalue weighted by Gasteiger charge is -2.06. The van der Waals surface area contributed by atoms with E-state index in [9.17, 15) is 4.79 Å². The average molecular weight is 248 g/mol. The summed E-state index contributed by atoms with van der Waals surface area (Å²) in [5.41, 5.74) is 0.638. The van der Waals surface area contributed by atoms with Crippen LogP contribution < -0.4 is 15.4 Å². The standard InChI is InChI=1S/C10H12N6O2/c1-2-18-8-5-3-7(4-6-8)11-10(17)12-9-13-15-16-14-9/h3-6H,2H2,1H3,(H3,11,12,13,14,15,16,17). The van der Waals surface area contributed by atoms with Crippen molar-refractivity contribution >= 4 is 17.7 Å². The Hall–Kier alpha value is -2.64. The van der Waals surface area contributed by atoms with E-state index in [0.717, 1.165) is 5.75 Å². The highest BCUT2D eigenvalue weighted by Gasteiger charge is 2.05. The van der Waals surface area contributed by atoms with Gasteiger partial charge in [-0.05, 0) is 36.4 Å². The topological polar surface area (TPSA) is 105 Å². The van der Waals surface area contributed by atoms with Crippen molar-refractivity contribution < 1.29 is 9.53 Å². The van der Waals surface area contributed by atoms with E-state index in [2.05, 4.69) is 31.3 Å². The molecule has 2 rings (SSSR count). The molecule has 0 fully saturated rings. The number of hydrogen-bond acceptors (Lipinski definition) is 5. The molecular formula is C10H12N6O2. The largest absolute Gasteiger partial charge is 0.494 e. The summed E-state index contributed by atoms with van der Waals surface area (Å²) in [7, 11) is 0. The van der Waals surface area contributed by atoms with E-state index < -0.39 is 6.03 Å². The minimum absolute atomic E-state index is 0.110. The Labute approximate surface area is 103 Å². The van der Waals surface area contributed by atoms with Gasteiger partial charge >= 0.3 is 6.03 Å². The van der Waals surface area contributed by atoms with Crippen LogP contribution in [0, 0.1) is 0 Å². The number of urea groups is 1. The Balaban J connectivity index is 1.90. The van der Waals surface area contributed by atoms with Gasteiger partial charge in [-0.15, -0.1) is 5.10 Å². The lowest BCUT2D eigenvalue weighted by atomic mass is 10.3. The van der Waals surface area contributed by atoms with Crippen molar-refractivity contribution in [3.05, 3.63) is 24.3 Å². The predicted molar refractivity (Wildman–Crippen MR) is 64.4 cm³/mol. The third-order valence-corrected chi connectivity index (χ3v) is 1.99. The highest BCUT2D eigenvalue weighted by molar-refractivity contribution is 5.98. The number of tetrazole rings is 1. The van der Waals surface area contributed by atoms with Gasteiger partial charge in [-0.1, -0.05) is 5.10 Å². The van der Waals surface area contributed by atoms with Crippen LogP contribution in [-0.2, 0) is 0 Å². The van der Waals surface area contributed by atoms with Gasteiger partial charge in [0.05, 0.1) is 6.61 Å². The molecule has 2 aromatic rings. The molecule has 0 aliphatic rings. The molecule has 1 heterocycles. The number of rotatable bonds is 4. The lowest BCUT2D eigenvalue weighted by Crippen LogP contribution is -2.20. The molecule has 3 N–H and O–H groups in total. The Morgan fingerprint density at radius 1 is 1.33 bits per heavy atom. The zero-order chi connectivity index (χ0) is 12.8. The molecule has 0 aliphatic heterocycles. The van der Waals surface area contributed by atoms with Crippen LogP contribution >= 0.6 is 0 Å². The molecule has 8 nitrogen and oxygen atoms in total. The molecule has 94 valence electrons. The van der Waals surface area contributed by atoms with Crippen molar-refractivity contribution in [1.29, 1.82) is 0 Å². The van der Waals surface area contributed by atoms with Gasteiger partial charge in [0.25, 0.3) is 5.95 Å². The van der Waals surface area contributed by atoms with Gasteiger partial charge in [-0.3, -0.25) is 5.32 Å². The number of carbonyl (C=O) groups is 1. The first-order valence-corrected chi connectivity index (χ1v) is 5.32. The summed E-state index contributed by atoms with van der Waals surface area (Å²) in [6, 6.07) is 6.57. The summed E-state index contributed by atoms with van der Waals surface area (Å²) in [6.07, 6.45) is 0. The van der Waals surface area contributed by atoms with Crippen LogP contribution in [0.5, 0.6) is 5.75 Å². The number of carbonyl (C=O) groups excluding carboxylic acids is 1. The Morgan fingerprint density at radius 2 is 2.11 bits per heavy atom. The fourth-order valence-electron chi connectivity index (χ4n) is 1.28. The van der Waals surface area contributed by atoms with Crippen molar-refractivity contribution in [2.24, 2.45) is 0 Å². The van der Waals surface area contributed by atoms with E-state index in [1.54, 1.807) is 24.3 Å². The number of nitrogens with one attached hydrogen (secondary N) is 3. The van der Waals surface area contributed by atoms with Crippen molar-refractivity contribution in [2.45, 2.75) is 6.92 Å². The molecule has 0 spiro atoms. The summed E-state index contributed by atoms with van der Waals surface area (Å²) < 4.78 is 5.29. The molecule has 18 heavy (non-hydrogen) atoms. The number of benzene rings is 1. The number of H-pyrrole nitrogens is 1. The fraction of sp³-hybridized carbons (Fsp3) is 0.200. The minimum atomic E-state index is -0.444. The SMILES string of the molecule is CCOc1ccc(NC(=O)Nc2nn[nH]n2)cc1. The number of aromatic nitrogens is 4. The van der Waals surface area contributed by atoms with Crippen LogP contribution in [0.3, 0.4) is 0 Å². The predicted octanol–water partition coefficient (Wildman–Crippen LogP) is 1.24. The average Bonchev–Trinajstić information content (AvgIpc) is 2.84. The van der Waals surface area contributed by atoms with Crippen molar-refractivity contribution in [3.63, 3.8) is 0 Å². The number of anilines is 2. The first-order valence-electron chi connectivity index (χ1n) is 5.32. The fourth-order valence-corrected chi connectivity index (χ4v) is 1.28. The second-order valence-electron chi connectivity index (χ2n) is 3.27. The molecular weight excluding hydrogens is 236 g/mol. The maximum atomic E-state index is 11.5. The maximum Gasteiger partial charge on any atom is 0.326 e. The van der Waals surface area contributed by atoms with E-state index in [4.69, 9.17) is 4.74 Å². The first-order chi connectivity index (χ1) is 8.78. The van der Waals surface area contributed by atoms with E-state index in [1.807, 2.05) is 6.92 Å². The van der Waals surface area contributed by atoms with Crippen molar-refractivity contribution in [2.75, 3.05) is 17.2 Å². The van der Waals surface area contributed by atoms with Crippen molar-refractivity contribution in [1.82, 2.24) is 20.6 Å². The second kappa shape index (κ2) is 5.62. The highest BCUT2D eigenvalue weighted by Crippen LogP contribution is 2.15. The molecule has 0 atom stereocenters. The third kappa shape index (κ3) is 3.17. The molecule has 0 unspecified atom stereocenters. The third-order valence-electron chi connectivity index (χ3n) is 1.99. The Morgan fingerprint density at radius 3 is 2.72 bits per heavy atom. The van der Waals surface area contributed by atoms with Crippen LogP contribution in [0.25, 0.3) is 0 Å². The van der Waals surface area contributed by atoms with Gasteiger partial charge < -0.3 is 10.1 Å². The summed E-state index contributed by atoms with van der Waals surface area (Å²) in [5, 5.41) is 17.8.